The van der Waals surface area contributed by atoms with Crippen molar-refractivity contribution in [3.8, 4) is 5.75 Å². The number of halogens is 1. The molecule has 0 saturated carbocycles. The molecule has 1 aliphatic rings. The van der Waals surface area contributed by atoms with Gasteiger partial charge in [0, 0.05) is 17.0 Å². The molecule has 150 valence electrons. The maximum atomic E-state index is 12.3. The molecule has 0 fully saturated rings. The number of nitrogens with one attached hydrogen (secondary N) is 2. The van der Waals surface area contributed by atoms with Gasteiger partial charge in [0.15, 0.2) is 18.4 Å². The number of quaternary nitrogens is 1. The Kier molecular flexibility index (Phi) is 6.17. The highest BCUT2D eigenvalue weighted by Gasteiger charge is 2.30. The quantitative estimate of drug-likeness (QED) is 0.628. The molecular weight excluding hydrogens is 388 g/mol. The lowest BCUT2D eigenvalue weighted by atomic mass is 9.98. The third kappa shape index (κ3) is 5.00. The van der Waals surface area contributed by atoms with Crippen molar-refractivity contribution in [2.45, 2.75) is 19.0 Å². The first kappa shape index (κ1) is 19.6. The maximum Gasteiger partial charge on any atom is 0.258 e. The highest BCUT2D eigenvalue weighted by molar-refractivity contribution is 6.30. The molecule has 6 heteroatoms. The van der Waals surface area contributed by atoms with Crippen LogP contribution in [-0.4, -0.2) is 25.6 Å². The SMILES string of the molecule is O=C(COc1ccc(Cl)cc1)NC[C@H](c1ccco1)[NH+]1CCc2ccccc2C1. The van der Waals surface area contributed by atoms with Gasteiger partial charge < -0.3 is 19.4 Å². The van der Waals surface area contributed by atoms with E-state index in [-0.39, 0.29) is 18.6 Å². The van der Waals surface area contributed by atoms with Crippen LogP contribution >= 0.6 is 11.6 Å². The average Bonchev–Trinajstić information content (AvgIpc) is 3.28. The van der Waals surface area contributed by atoms with Gasteiger partial charge >= 0.3 is 0 Å². The number of fused-ring (bicyclic) bond motifs is 1. The third-order valence-electron chi connectivity index (χ3n) is 5.32. The van der Waals surface area contributed by atoms with E-state index in [1.807, 2.05) is 12.1 Å². The van der Waals surface area contributed by atoms with Gasteiger partial charge in [-0.3, -0.25) is 4.79 Å². The van der Waals surface area contributed by atoms with Gasteiger partial charge in [0.2, 0.25) is 0 Å². The average molecular weight is 412 g/mol. The Hall–Kier alpha value is -2.76. The molecule has 29 heavy (non-hydrogen) atoms. The summed E-state index contributed by atoms with van der Waals surface area (Å²) in [4.78, 5) is 13.7. The topological polar surface area (TPSA) is 55.9 Å². The van der Waals surface area contributed by atoms with E-state index in [1.54, 1.807) is 30.5 Å². The standard InChI is InChI=1S/C23H23ClN2O3/c24-19-7-9-20(10-8-19)29-16-23(27)25-14-21(22-6-3-13-28-22)26-12-11-17-4-1-2-5-18(17)15-26/h1-10,13,21H,11-12,14-16H2,(H,25,27)/p+1/t21-/m1/s1. The summed E-state index contributed by atoms with van der Waals surface area (Å²) in [5.74, 6) is 1.34. The second kappa shape index (κ2) is 9.16. The number of amides is 1. The van der Waals surface area contributed by atoms with Crippen molar-refractivity contribution in [1.82, 2.24) is 5.32 Å². The van der Waals surface area contributed by atoms with E-state index in [0.29, 0.717) is 17.3 Å². The van der Waals surface area contributed by atoms with Crippen molar-refractivity contribution in [1.29, 1.82) is 0 Å². The van der Waals surface area contributed by atoms with Crippen LogP contribution < -0.4 is 15.0 Å². The Labute approximate surface area is 175 Å². The molecule has 2 aromatic carbocycles. The van der Waals surface area contributed by atoms with Gasteiger partial charge in [-0.1, -0.05) is 35.9 Å². The molecule has 1 amide bonds. The summed E-state index contributed by atoms with van der Waals surface area (Å²) < 4.78 is 11.2. The summed E-state index contributed by atoms with van der Waals surface area (Å²) in [6.07, 6.45) is 2.71. The van der Waals surface area contributed by atoms with Crippen LogP contribution in [0.5, 0.6) is 5.75 Å². The van der Waals surface area contributed by atoms with Crippen LogP contribution in [0.1, 0.15) is 22.9 Å². The molecule has 3 aromatic rings. The van der Waals surface area contributed by atoms with Crippen molar-refractivity contribution >= 4 is 17.5 Å². The molecule has 0 bridgehead atoms. The van der Waals surface area contributed by atoms with Gasteiger partial charge in [0.1, 0.15) is 12.3 Å². The minimum Gasteiger partial charge on any atom is -0.484 e. The molecule has 2 N–H and O–H groups in total. The molecule has 5 nitrogen and oxygen atoms in total. The minimum atomic E-state index is -0.159. The predicted octanol–water partition coefficient (Wildman–Crippen LogP) is 2.81. The summed E-state index contributed by atoms with van der Waals surface area (Å²) in [6.45, 7) is 2.37. The van der Waals surface area contributed by atoms with Crippen LogP contribution in [-0.2, 0) is 17.8 Å². The molecule has 1 unspecified atom stereocenters. The van der Waals surface area contributed by atoms with Gasteiger partial charge in [-0.05, 0) is 42.0 Å². The van der Waals surface area contributed by atoms with Gasteiger partial charge in [-0.15, -0.1) is 0 Å². The number of rotatable bonds is 7. The summed E-state index contributed by atoms with van der Waals surface area (Å²) in [5.41, 5.74) is 2.78. The fraction of sp³-hybridized carbons (Fsp3) is 0.261. The van der Waals surface area contributed by atoms with Gasteiger partial charge in [0.05, 0.1) is 19.4 Å². The van der Waals surface area contributed by atoms with Gasteiger partial charge in [-0.25, -0.2) is 0 Å². The lowest BCUT2D eigenvalue weighted by molar-refractivity contribution is -0.946. The van der Waals surface area contributed by atoms with E-state index in [4.69, 9.17) is 20.8 Å². The van der Waals surface area contributed by atoms with Crippen LogP contribution in [0.15, 0.2) is 71.3 Å². The van der Waals surface area contributed by atoms with E-state index in [9.17, 15) is 4.79 Å². The van der Waals surface area contributed by atoms with E-state index >= 15 is 0 Å². The molecular formula is C23H24ClN2O3+. The highest BCUT2D eigenvalue weighted by Crippen LogP contribution is 2.16. The lowest BCUT2D eigenvalue weighted by Crippen LogP contribution is -3.12. The number of hydrogen-bond acceptors (Lipinski definition) is 3. The number of carbonyl (C=O) groups is 1. The fourth-order valence-corrected chi connectivity index (χ4v) is 3.91. The first-order valence-electron chi connectivity index (χ1n) is 9.79. The molecule has 1 aliphatic heterocycles. The van der Waals surface area contributed by atoms with Crippen LogP contribution in [0.2, 0.25) is 5.02 Å². The monoisotopic (exact) mass is 411 g/mol. The van der Waals surface area contributed by atoms with Crippen molar-refractivity contribution < 1.29 is 18.8 Å². The second-order valence-electron chi connectivity index (χ2n) is 7.22. The molecule has 0 radical (unpaired) electrons. The third-order valence-corrected chi connectivity index (χ3v) is 5.57. The number of ether oxygens (including phenoxy) is 1. The number of furan rings is 1. The van der Waals surface area contributed by atoms with E-state index in [1.165, 1.54) is 16.0 Å². The Balaban J connectivity index is 1.37. The highest BCUT2D eigenvalue weighted by atomic mass is 35.5. The van der Waals surface area contributed by atoms with Crippen molar-refractivity contribution in [3.63, 3.8) is 0 Å². The zero-order chi connectivity index (χ0) is 20.1. The van der Waals surface area contributed by atoms with Crippen molar-refractivity contribution in [3.05, 3.63) is 88.8 Å². The molecule has 2 atom stereocenters. The number of benzene rings is 2. The van der Waals surface area contributed by atoms with Crippen LogP contribution in [0.4, 0.5) is 0 Å². The Morgan fingerprint density at radius 2 is 1.90 bits per heavy atom. The fourth-order valence-electron chi connectivity index (χ4n) is 3.78. The van der Waals surface area contributed by atoms with E-state index < -0.39 is 0 Å². The summed E-state index contributed by atoms with van der Waals surface area (Å²) in [7, 11) is 0. The van der Waals surface area contributed by atoms with Crippen molar-refractivity contribution in [2.24, 2.45) is 0 Å². The predicted molar refractivity (Wildman–Crippen MR) is 111 cm³/mol. The molecule has 0 saturated heterocycles. The summed E-state index contributed by atoms with van der Waals surface area (Å²) in [6, 6.07) is 19.5. The van der Waals surface area contributed by atoms with E-state index in [2.05, 4.69) is 29.6 Å². The molecule has 1 aromatic heterocycles. The first-order valence-corrected chi connectivity index (χ1v) is 10.2. The smallest absolute Gasteiger partial charge is 0.258 e. The lowest BCUT2D eigenvalue weighted by Gasteiger charge is -2.31. The zero-order valence-electron chi connectivity index (χ0n) is 16.1. The van der Waals surface area contributed by atoms with Gasteiger partial charge in [-0.2, -0.15) is 0 Å². The van der Waals surface area contributed by atoms with E-state index in [0.717, 1.165) is 25.3 Å². The van der Waals surface area contributed by atoms with Crippen LogP contribution in [0, 0.1) is 0 Å². The normalized spacial score (nSPS) is 16.7. The molecule has 4 rings (SSSR count). The second-order valence-corrected chi connectivity index (χ2v) is 7.65. The van der Waals surface area contributed by atoms with Gasteiger partial charge in [0.25, 0.3) is 5.91 Å². The molecule has 0 spiro atoms. The van der Waals surface area contributed by atoms with Crippen LogP contribution in [0.25, 0.3) is 0 Å². The number of hydrogen-bond donors (Lipinski definition) is 2. The zero-order valence-corrected chi connectivity index (χ0v) is 16.8. The molecule has 0 aliphatic carbocycles. The van der Waals surface area contributed by atoms with Crippen molar-refractivity contribution in [2.75, 3.05) is 19.7 Å². The largest absolute Gasteiger partial charge is 0.484 e. The summed E-state index contributed by atoms with van der Waals surface area (Å²) >= 11 is 5.87. The molecule has 2 heterocycles. The summed E-state index contributed by atoms with van der Waals surface area (Å²) in [5, 5.41) is 3.64. The maximum absolute atomic E-state index is 12.3. The first-order chi connectivity index (χ1) is 14.2. The minimum absolute atomic E-state index is 0.0370. The number of carbonyl (C=O) groups excluding carboxylic acids is 1. The van der Waals surface area contributed by atoms with Crippen LogP contribution in [0.3, 0.4) is 0 Å². The Bertz CT molecular complexity index is 941. The Morgan fingerprint density at radius 1 is 1.10 bits per heavy atom. The Morgan fingerprint density at radius 3 is 2.66 bits per heavy atom.